The Labute approximate surface area is 136 Å². The van der Waals surface area contributed by atoms with Crippen LogP contribution in [0.25, 0.3) is 0 Å². The Kier molecular flexibility index (Phi) is 5.47. The SMILES string of the molecule is CCNC(=O)c1ccc(Cl)c(S(=O)(=O)N2CCCC(C)C2)c1. The fourth-order valence-corrected chi connectivity index (χ4v) is 4.71. The Bertz CT molecular complexity index is 661. The quantitative estimate of drug-likeness (QED) is 0.912. The number of nitrogens with one attached hydrogen (secondary N) is 1. The van der Waals surface area contributed by atoms with Crippen LogP contribution in [-0.2, 0) is 10.0 Å². The molecule has 1 heterocycles. The van der Waals surface area contributed by atoms with E-state index >= 15 is 0 Å². The molecule has 7 heteroatoms. The van der Waals surface area contributed by atoms with E-state index in [-0.39, 0.29) is 15.8 Å². The maximum absolute atomic E-state index is 12.8. The molecule has 1 aromatic rings. The second-order valence-corrected chi connectivity index (χ2v) is 7.93. The van der Waals surface area contributed by atoms with Crippen LogP contribution < -0.4 is 5.32 Å². The van der Waals surface area contributed by atoms with Crippen molar-refractivity contribution < 1.29 is 13.2 Å². The zero-order valence-electron chi connectivity index (χ0n) is 12.8. The van der Waals surface area contributed by atoms with Crippen LogP contribution in [0.15, 0.2) is 23.1 Å². The second-order valence-electron chi connectivity index (χ2n) is 5.62. The van der Waals surface area contributed by atoms with Crippen molar-refractivity contribution >= 4 is 27.5 Å². The predicted molar refractivity (Wildman–Crippen MR) is 86.6 cm³/mol. The third-order valence-electron chi connectivity index (χ3n) is 3.77. The van der Waals surface area contributed by atoms with Crippen molar-refractivity contribution in [2.75, 3.05) is 19.6 Å². The zero-order chi connectivity index (χ0) is 16.3. The molecule has 1 aliphatic rings. The van der Waals surface area contributed by atoms with E-state index in [2.05, 4.69) is 5.32 Å². The van der Waals surface area contributed by atoms with Gasteiger partial charge in [-0.25, -0.2) is 8.42 Å². The third kappa shape index (κ3) is 3.62. The van der Waals surface area contributed by atoms with Crippen molar-refractivity contribution in [2.45, 2.75) is 31.6 Å². The molecule has 0 bridgehead atoms. The maximum atomic E-state index is 12.8. The standard InChI is InChI=1S/C15H21ClN2O3S/c1-3-17-15(19)12-6-7-13(16)14(9-12)22(20,21)18-8-4-5-11(2)10-18/h6-7,9,11H,3-5,8,10H2,1-2H3,(H,17,19). The van der Waals surface area contributed by atoms with Crippen LogP contribution in [0.3, 0.4) is 0 Å². The molecule has 5 nitrogen and oxygen atoms in total. The molecule has 1 amide bonds. The molecule has 122 valence electrons. The highest BCUT2D eigenvalue weighted by molar-refractivity contribution is 7.89. The molecule has 0 spiro atoms. The molecule has 22 heavy (non-hydrogen) atoms. The largest absolute Gasteiger partial charge is 0.352 e. The monoisotopic (exact) mass is 344 g/mol. The lowest BCUT2D eigenvalue weighted by atomic mass is 10.0. The summed E-state index contributed by atoms with van der Waals surface area (Å²) in [6.07, 6.45) is 1.87. The predicted octanol–water partition coefficient (Wildman–Crippen LogP) is 2.51. The minimum atomic E-state index is -3.68. The van der Waals surface area contributed by atoms with E-state index in [9.17, 15) is 13.2 Å². The van der Waals surface area contributed by atoms with E-state index in [1.807, 2.05) is 6.92 Å². The normalized spacial score (nSPS) is 19.9. The molecule has 1 atom stereocenters. The van der Waals surface area contributed by atoms with Crippen molar-refractivity contribution in [1.82, 2.24) is 9.62 Å². The highest BCUT2D eigenvalue weighted by Gasteiger charge is 2.30. The molecule has 0 aliphatic carbocycles. The van der Waals surface area contributed by atoms with Crippen LogP contribution in [0.5, 0.6) is 0 Å². The molecule has 2 rings (SSSR count). The van der Waals surface area contributed by atoms with Crippen LogP contribution in [0.1, 0.15) is 37.0 Å². The Morgan fingerprint density at radius 1 is 1.45 bits per heavy atom. The van der Waals surface area contributed by atoms with Gasteiger partial charge in [0, 0.05) is 25.2 Å². The molecule has 1 saturated heterocycles. The van der Waals surface area contributed by atoms with Gasteiger partial charge in [-0.2, -0.15) is 4.31 Å². The number of halogens is 1. The van der Waals surface area contributed by atoms with E-state index in [0.717, 1.165) is 12.8 Å². The number of amides is 1. The summed E-state index contributed by atoms with van der Waals surface area (Å²) < 4.78 is 27.1. The van der Waals surface area contributed by atoms with Crippen LogP contribution >= 0.6 is 11.6 Å². The fraction of sp³-hybridized carbons (Fsp3) is 0.533. The molecular weight excluding hydrogens is 324 g/mol. The first kappa shape index (κ1) is 17.2. The number of hydrogen-bond acceptors (Lipinski definition) is 3. The molecular formula is C15H21ClN2O3S. The highest BCUT2D eigenvalue weighted by Crippen LogP contribution is 2.29. The summed E-state index contributed by atoms with van der Waals surface area (Å²) in [6, 6.07) is 4.36. The topological polar surface area (TPSA) is 66.5 Å². The summed E-state index contributed by atoms with van der Waals surface area (Å²) in [4.78, 5) is 11.9. The average Bonchev–Trinajstić information content (AvgIpc) is 2.47. The van der Waals surface area contributed by atoms with Crippen molar-refractivity contribution in [3.05, 3.63) is 28.8 Å². The molecule has 1 fully saturated rings. The maximum Gasteiger partial charge on any atom is 0.251 e. The molecule has 0 radical (unpaired) electrons. The van der Waals surface area contributed by atoms with Gasteiger partial charge in [-0.3, -0.25) is 4.79 Å². The van der Waals surface area contributed by atoms with Crippen molar-refractivity contribution in [1.29, 1.82) is 0 Å². The van der Waals surface area contributed by atoms with E-state index < -0.39 is 10.0 Å². The minimum Gasteiger partial charge on any atom is -0.352 e. The third-order valence-corrected chi connectivity index (χ3v) is 6.11. The molecule has 1 N–H and O–H groups in total. The number of piperidine rings is 1. The average molecular weight is 345 g/mol. The smallest absolute Gasteiger partial charge is 0.251 e. The van der Waals surface area contributed by atoms with Crippen molar-refractivity contribution in [3.63, 3.8) is 0 Å². The lowest BCUT2D eigenvalue weighted by Gasteiger charge is -2.30. The Morgan fingerprint density at radius 2 is 2.18 bits per heavy atom. The number of nitrogens with zero attached hydrogens (tertiary/aromatic N) is 1. The van der Waals surface area contributed by atoms with Gasteiger partial charge in [0.2, 0.25) is 10.0 Å². The summed E-state index contributed by atoms with van der Waals surface area (Å²) in [7, 11) is -3.68. The van der Waals surface area contributed by atoms with Gasteiger partial charge in [0.1, 0.15) is 4.90 Å². The Balaban J connectivity index is 2.37. The second kappa shape index (κ2) is 6.98. The summed E-state index contributed by atoms with van der Waals surface area (Å²) in [5.74, 6) is 0.0245. The first-order chi connectivity index (χ1) is 10.4. The minimum absolute atomic E-state index is 0.00650. The number of carbonyl (C=O) groups excluding carboxylic acids is 1. The van der Waals surface area contributed by atoms with Crippen molar-refractivity contribution in [2.24, 2.45) is 5.92 Å². The van der Waals surface area contributed by atoms with Gasteiger partial charge in [-0.05, 0) is 43.9 Å². The van der Waals surface area contributed by atoms with Gasteiger partial charge < -0.3 is 5.32 Å². The fourth-order valence-electron chi connectivity index (χ4n) is 2.61. The highest BCUT2D eigenvalue weighted by atomic mass is 35.5. The first-order valence-electron chi connectivity index (χ1n) is 7.44. The number of sulfonamides is 1. The van der Waals surface area contributed by atoms with Crippen molar-refractivity contribution in [3.8, 4) is 0 Å². The number of rotatable bonds is 4. The zero-order valence-corrected chi connectivity index (χ0v) is 14.4. The van der Waals surface area contributed by atoms with Crippen LogP contribution in [0.2, 0.25) is 5.02 Å². The van der Waals surface area contributed by atoms with E-state index in [0.29, 0.717) is 31.1 Å². The summed E-state index contributed by atoms with van der Waals surface area (Å²) >= 11 is 6.08. The Morgan fingerprint density at radius 3 is 2.82 bits per heavy atom. The van der Waals surface area contributed by atoms with E-state index in [4.69, 9.17) is 11.6 Å². The number of hydrogen-bond donors (Lipinski definition) is 1. The van der Waals surface area contributed by atoms with Gasteiger partial charge in [0.25, 0.3) is 5.91 Å². The molecule has 0 aromatic heterocycles. The molecule has 0 saturated carbocycles. The van der Waals surface area contributed by atoms with Crippen LogP contribution in [0, 0.1) is 5.92 Å². The van der Waals surface area contributed by atoms with Gasteiger partial charge in [-0.15, -0.1) is 0 Å². The van der Waals surface area contributed by atoms with Gasteiger partial charge in [0.15, 0.2) is 0 Å². The summed E-state index contributed by atoms with van der Waals surface area (Å²) in [5.41, 5.74) is 0.301. The first-order valence-corrected chi connectivity index (χ1v) is 9.26. The number of benzene rings is 1. The molecule has 1 aromatic carbocycles. The lowest BCUT2D eigenvalue weighted by molar-refractivity contribution is 0.0955. The Hall–Kier alpha value is -1.11. The number of carbonyl (C=O) groups is 1. The van der Waals surface area contributed by atoms with E-state index in [1.165, 1.54) is 22.5 Å². The van der Waals surface area contributed by atoms with Crippen LogP contribution in [0.4, 0.5) is 0 Å². The van der Waals surface area contributed by atoms with Crippen LogP contribution in [-0.4, -0.2) is 38.3 Å². The lowest BCUT2D eigenvalue weighted by Crippen LogP contribution is -2.39. The van der Waals surface area contributed by atoms with Gasteiger partial charge in [0.05, 0.1) is 5.02 Å². The van der Waals surface area contributed by atoms with Gasteiger partial charge in [-0.1, -0.05) is 18.5 Å². The van der Waals surface area contributed by atoms with Gasteiger partial charge >= 0.3 is 0 Å². The summed E-state index contributed by atoms with van der Waals surface area (Å²) in [6.45, 7) is 5.31. The molecule has 1 aliphatic heterocycles. The molecule has 1 unspecified atom stereocenters. The van der Waals surface area contributed by atoms with E-state index in [1.54, 1.807) is 6.92 Å². The summed E-state index contributed by atoms with van der Waals surface area (Å²) in [5, 5.41) is 2.80.